The number of aryl methyl sites for hydroxylation is 1. The number of rotatable bonds is 4. The highest BCUT2D eigenvalue weighted by Crippen LogP contribution is 2.36. The van der Waals surface area contributed by atoms with Crippen LogP contribution in [-0.4, -0.2) is 33.2 Å². The smallest absolute Gasteiger partial charge is 0.261 e. The molecule has 144 valence electrons. The molecule has 1 heterocycles. The standard InChI is InChI=1S/C19H21ClN2O4S/c1-13-5-3-4-6-14(13)12-21-19(23)18-9-10-22(27(2,24)25)16-11-15(20)7-8-17(16)26-18/h3-8,11,18H,9-10,12H2,1-2H3,(H,21,23). The molecule has 0 fully saturated rings. The zero-order valence-electron chi connectivity index (χ0n) is 15.1. The van der Waals surface area contributed by atoms with Crippen LogP contribution in [0.2, 0.25) is 5.02 Å². The molecule has 0 saturated carbocycles. The van der Waals surface area contributed by atoms with Crippen LogP contribution in [-0.2, 0) is 21.4 Å². The van der Waals surface area contributed by atoms with E-state index in [0.29, 0.717) is 23.0 Å². The number of nitrogens with zero attached hydrogens (tertiary/aromatic N) is 1. The van der Waals surface area contributed by atoms with E-state index in [1.165, 1.54) is 10.4 Å². The van der Waals surface area contributed by atoms with Gasteiger partial charge in [-0.15, -0.1) is 0 Å². The lowest BCUT2D eigenvalue weighted by atomic mass is 10.1. The molecular weight excluding hydrogens is 388 g/mol. The number of hydrogen-bond acceptors (Lipinski definition) is 4. The highest BCUT2D eigenvalue weighted by Gasteiger charge is 2.31. The molecule has 3 rings (SSSR count). The molecule has 1 amide bonds. The molecule has 0 bridgehead atoms. The van der Waals surface area contributed by atoms with E-state index in [1.807, 2.05) is 31.2 Å². The average molecular weight is 409 g/mol. The topological polar surface area (TPSA) is 75.7 Å². The molecule has 27 heavy (non-hydrogen) atoms. The number of sulfonamides is 1. The number of benzene rings is 2. The number of carbonyl (C=O) groups excluding carboxylic acids is 1. The van der Waals surface area contributed by atoms with Crippen molar-refractivity contribution in [1.82, 2.24) is 5.32 Å². The molecule has 1 aliphatic heterocycles. The Morgan fingerprint density at radius 1 is 1.30 bits per heavy atom. The van der Waals surface area contributed by atoms with Gasteiger partial charge in [0.1, 0.15) is 5.75 Å². The molecular formula is C19H21ClN2O4S. The molecule has 1 unspecified atom stereocenters. The summed E-state index contributed by atoms with van der Waals surface area (Å²) >= 11 is 6.02. The summed E-state index contributed by atoms with van der Waals surface area (Å²) in [5.74, 6) is 0.0351. The Morgan fingerprint density at radius 3 is 2.74 bits per heavy atom. The maximum atomic E-state index is 12.6. The van der Waals surface area contributed by atoms with Crippen molar-refractivity contribution in [2.45, 2.75) is 26.0 Å². The second kappa shape index (κ2) is 7.78. The van der Waals surface area contributed by atoms with Gasteiger partial charge in [0, 0.05) is 24.5 Å². The maximum Gasteiger partial charge on any atom is 0.261 e. The summed E-state index contributed by atoms with van der Waals surface area (Å²) in [4.78, 5) is 12.6. The van der Waals surface area contributed by atoms with E-state index in [2.05, 4.69) is 5.32 Å². The third-order valence-corrected chi connectivity index (χ3v) is 5.88. The van der Waals surface area contributed by atoms with Crippen LogP contribution in [0.4, 0.5) is 5.69 Å². The monoisotopic (exact) mass is 408 g/mol. The van der Waals surface area contributed by atoms with Gasteiger partial charge in [0.15, 0.2) is 6.10 Å². The minimum absolute atomic E-state index is 0.134. The minimum atomic E-state index is -3.53. The predicted octanol–water partition coefficient (Wildman–Crippen LogP) is 2.88. The summed E-state index contributed by atoms with van der Waals surface area (Å²) in [6.07, 6.45) is 0.565. The number of ether oxygens (including phenoxy) is 1. The van der Waals surface area contributed by atoms with Crippen LogP contribution in [0, 0.1) is 6.92 Å². The van der Waals surface area contributed by atoms with Crippen molar-refractivity contribution in [3.8, 4) is 5.75 Å². The van der Waals surface area contributed by atoms with Gasteiger partial charge in [-0.25, -0.2) is 8.42 Å². The molecule has 1 N–H and O–H groups in total. The third kappa shape index (κ3) is 4.54. The van der Waals surface area contributed by atoms with Gasteiger partial charge in [-0.05, 0) is 36.2 Å². The molecule has 0 aliphatic carbocycles. The van der Waals surface area contributed by atoms with Crippen LogP contribution in [0.3, 0.4) is 0 Å². The molecule has 2 aromatic carbocycles. The first kappa shape index (κ1) is 19.5. The fourth-order valence-electron chi connectivity index (χ4n) is 2.99. The van der Waals surface area contributed by atoms with Crippen LogP contribution in [0.1, 0.15) is 17.5 Å². The highest BCUT2D eigenvalue weighted by molar-refractivity contribution is 7.92. The van der Waals surface area contributed by atoms with Crippen LogP contribution in [0.15, 0.2) is 42.5 Å². The number of halogens is 1. The molecule has 0 aromatic heterocycles. The van der Waals surface area contributed by atoms with Gasteiger partial charge in [-0.3, -0.25) is 9.10 Å². The summed E-state index contributed by atoms with van der Waals surface area (Å²) in [7, 11) is -3.53. The summed E-state index contributed by atoms with van der Waals surface area (Å²) < 4.78 is 31.4. The maximum absolute atomic E-state index is 12.6. The number of nitrogens with one attached hydrogen (secondary N) is 1. The molecule has 8 heteroatoms. The van der Waals surface area contributed by atoms with Gasteiger partial charge in [0.25, 0.3) is 5.91 Å². The molecule has 0 radical (unpaired) electrons. The van der Waals surface area contributed by atoms with E-state index in [-0.39, 0.29) is 18.9 Å². The zero-order valence-corrected chi connectivity index (χ0v) is 16.7. The molecule has 2 aromatic rings. The number of anilines is 1. The van der Waals surface area contributed by atoms with E-state index in [0.717, 1.165) is 17.4 Å². The summed E-state index contributed by atoms with van der Waals surface area (Å²) in [5.41, 5.74) is 2.45. The normalized spacial score (nSPS) is 16.9. The van der Waals surface area contributed by atoms with Crippen molar-refractivity contribution >= 4 is 33.2 Å². The average Bonchev–Trinajstić information content (AvgIpc) is 2.80. The highest BCUT2D eigenvalue weighted by atomic mass is 35.5. The quantitative estimate of drug-likeness (QED) is 0.844. The second-order valence-corrected chi connectivity index (χ2v) is 8.83. The first-order valence-corrected chi connectivity index (χ1v) is 10.7. The van der Waals surface area contributed by atoms with Crippen LogP contribution >= 0.6 is 11.6 Å². The Kier molecular flexibility index (Phi) is 5.62. The van der Waals surface area contributed by atoms with Crippen molar-refractivity contribution in [3.05, 3.63) is 58.6 Å². The third-order valence-electron chi connectivity index (χ3n) is 4.46. The predicted molar refractivity (Wildman–Crippen MR) is 106 cm³/mol. The van der Waals surface area contributed by atoms with Crippen molar-refractivity contribution in [2.75, 3.05) is 17.1 Å². The number of fused-ring (bicyclic) bond motifs is 1. The van der Waals surface area contributed by atoms with Crippen LogP contribution in [0.25, 0.3) is 0 Å². The number of carbonyl (C=O) groups is 1. The van der Waals surface area contributed by atoms with Crippen LogP contribution < -0.4 is 14.4 Å². The van der Waals surface area contributed by atoms with E-state index in [1.54, 1.807) is 12.1 Å². The van der Waals surface area contributed by atoms with Crippen molar-refractivity contribution in [1.29, 1.82) is 0 Å². The Bertz CT molecular complexity index is 962. The summed E-state index contributed by atoms with van der Waals surface area (Å²) in [5, 5.41) is 3.27. The minimum Gasteiger partial charge on any atom is -0.478 e. The van der Waals surface area contributed by atoms with Gasteiger partial charge < -0.3 is 10.1 Å². The zero-order chi connectivity index (χ0) is 19.6. The largest absolute Gasteiger partial charge is 0.478 e. The first-order valence-electron chi connectivity index (χ1n) is 8.52. The molecule has 1 aliphatic rings. The lowest BCUT2D eigenvalue weighted by molar-refractivity contribution is -0.128. The van der Waals surface area contributed by atoms with Crippen LogP contribution in [0.5, 0.6) is 5.75 Å². The van der Waals surface area contributed by atoms with E-state index in [9.17, 15) is 13.2 Å². The summed E-state index contributed by atoms with van der Waals surface area (Å²) in [6, 6.07) is 12.5. The van der Waals surface area contributed by atoms with E-state index >= 15 is 0 Å². The summed E-state index contributed by atoms with van der Waals surface area (Å²) in [6.45, 7) is 2.50. The van der Waals surface area contributed by atoms with Gasteiger partial charge in [-0.2, -0.15) is 0 Å². The Hall–Kier alpha value is -2.25. The SMILES string of the molecule is Cc1ccccc1CNC(=O)C1CCN(S(C)(=O)=O)c2cc(Cl)ccc2O1. The molecule has 0 spiro atoms. The fraction of sp³-hybridized carbons (Fsp3) is 0.316. The van der Waals surface area contributed by atoms with Crippen molar-refractivity contribution < 1.29 is 17.9 Å². The van der Waals surface area contributed by atoms with Gasteiger partial charge in [0.2, 0.25) is 10.0 Å². The lowest BCUT2D eigenvalue weighted by Crippen LogP contribution is -2.39. The Labute approximate surface area is 164 Å². The van der Waals surface area contributed by atoms with E-state index in [4.69, 9.17) is 16.3 Å². The first-order chi connectivity index (χ1) is 12.8. The fourth-order valence-corrected chi connectivity index (χ4v) is 4.09. The lowest BCUT2D eigenvalue weighted by Gasteiger charge is -2.21. The van der Waals surface area contributed by atoms with Crippen molar-refractivity contribution in [2.24, 2.45) is 0 Å². The Morgan fingerprint density at radius 2 is 2.04 bits per heavy atom. The van der Waals surface area contributed by atoms with Gasteiger partial charge in [0.05, 0.1) is 11.9 Å². The van der Waals surface area contributed by atoms with Crippen molar-refractivity contribution in [3.63, 3.8) is 0 Å². The molecule has 0 saturated heterocycles. The second-order valence-electron chi connectivity index (χ2n) is 6.49. The molecule has 6 nitrogen and oxygen atoms in total. The molecule has 1 atom stereocenters. The number of amides is 1. The Balaban J connectivity index is 1.79. The van der Waals surface area contributed by atoms with Gasteiger partial charge >= 0.3 is 0 Å². The number of hydrogen-bond donors (Lipinski definition) is 1. The van der Waals surface area contributed by atoms with Gasteiger partial charge in [-0.1, -0.05) is 35.9 Å². The van der Waals surface area contributed by atoms with E-state index < -0.39 is 16.1 Å².